The fourth-order valence-electron chi connectivity index (χ4n) is 3.22. The van der Waals surface area contributed by atoms with Crippen LogP contribution < -0.4 is 0 Å². The molecule has 0 bridgehead atoms. The Bertz CT molecular complexity index is 628. The molecule has 2 aliphatic rings. The van der Waals surface area contributed by atoms with Crippen molar-refractivity contribution in [3.63, 3.8) is 0 Å². The molecule has 2 unspecified atom stereocenters. The molecule has 2 saturated heterocycles. The first kappa shape index (κ1) is 15.5. The van der Waals surface area contributed by atoms with Gasteiger partial charge in [-0.05, 0) is 25.0 Å². The van der Waals surface area contributed by atoms with E-state index in [0.29, 0.717) is 44.8 Å². The SMILES string of the molecule is CS(=O)(=O)N1CCOC2CCN(C(=O)c3ccco3)CCC21. The van der Waals surface area contributed by atoms with Gasteiger partial charge < -0.3 is 14.1 Å². The van der Waals surface area contributed by atoms with Gasteiger partial charge in [-0.3, -0.25) is 4.79 Å². The number of amides is 1. The minimum atomic E-state index is -3.26. The first-order valence-corrected chi connectivity index (χ1v) is 9.23. The number of carbonyl (C=O) groups excluding carboxylic acids is 1. The molecule has 1 aromatic heterocycles. The standard InChI is InChI=1S/C14H20N2O5S/c1-22(18,19)16-8-10-21-12-5-7-15(6-4-11(12)16)14(17)13-3-2-9-20-13/h2-3,9,11-12H,4-8,10H2,1H3. The second-order valence-electron chi connectivity index (χ2n) is 5.70. The molecule has 122 valence electrons. The lowest BCUT2D eigenvalue weighted by Crippen LogP contribution is -2.53. The van der Waals surface area contributed by atoms with Crippen molar-refractivity contribution in [1.29, 1.82) is 0 Å². The Kier molecular flexibility index (Phi) is 4.24. The van der Waals surface area contributed by atoms with Gasteiger partial charge in [0, 0.05) is 19.6 Å². The molecule has 2 fully saturated rings. The molecule has 3 heterocycles. The second-order valence-corrected chi connectivity index (χ2v) is 7.63. The van der Waals surface area contributed by atoms with Gasteiger partial charge in [0.15, 0.2) is 5.76 Å². The van der Waals surface area contributed by atoms with Gasteiger partial charge in [0.05, 0.1) is 31.3 Å². The maximum Gasteiger partial charge on any atom is 0.289 e. The van der Waals surface area contributed by atoms with E-state index in [9.17, 15) is 13.2 Å². The monoisotopic (exact) mass is 328 g/mol. The van der Waals surface area contributed by atoms with Crippen LogP contribution in [-0.2, 0) is 14.8 Å². The molecule has 0 N–H and O–H groups in total. The van der Waals surface area contributed by atoms with Crippen LogP contribution in [0.2, 0.25) is 0 Å². The second kappa shape index (κ2) is 6.02. The lowest BCUT2D eigenvalue weighted by molar-refractivity contribution is -0.0406. The summed E-state index contributed by atoms with van der Waals surface area (Å²) < 4.78 is 36.3. The van der Waals surface area contributed by atoms with E-state index in [1.54, 1.807) is 17.0 Å². The van der Waals surface area contributed by atoms with Crippen LogP contribution in [0.5, 0.6) is 0 Å². The minimum absolute atomic E-state index is 0.155. The molecule has 0 aliphatic carbocycles. The molecule has 8 heteroatoms. The van der Waals surface area contributed by atoms with Crippen molar-refractivity contribution in [3.05, 3.63) is 24.2 Å². The highest BCUT2D eigenvalue weighted by atomic mass is 32.2. The summed E-state index contributed by atoms with van der Waals surface area (Å²) in [6.07, 6.45) is 3.75. The van der Waals surface area contributed by atoms with Gasteiger partial charge in [-0.15, -0.1) is 0 Å². The number of fused-ring (bicyclic) bond motifs is 1. The summed E-state index contributed by atoms with van der Waals surface area (Å²) in [6.45, 7) is 1.82. The normalized spacial score (nSPS) is 27.2. The van der Waals surface area contributed by atoms with Crippen LogP contribution in [0, 0.1) is 0 Å². The number of ether oxygens (including phenoxy) is 1. The van der Waals surface area contributed by atoms with Crippen LogP contribution >= 0.6 is 0 Å². The van der Waals surface area contributed by atoms with Gasteiger partial charge >= 0.3 is 0 Å². The third-order valence-corrected chi connectivity index (χ3v) is 5.57. The van der Waals surface area contributed by atoms with Gasteiger partial charge in [-0.2, -0.15) is 4.31 Å². The van der Waals surface area contributed by atoms with Crippen LogP contribution in [0.4, 0.5) is 0 Å². The van der Waals surface area contributed by atoms with Gasteiger partial charge in [0.1, 0.15) is 0 Å². The lowest BCUT2D eigenvalue weighted by Gasteiger charge is -2.38. The van der Waals surface area contributed by atoms with E-state index in [-0.39, 0.29) is 18.1 Å². The molecule has 2 atom stereocenters. The van der Waals surface area contributed by atoms with Crippen molar-refractivity contribution >= 4 is 15.9 Å². The predicted octanol–water partition coefficient (Wildman–Crippen LogP) is 0.545. The highest BCUT2D eigenvalue weighted by Gasteiger charge is 2.39. The van der Waals surface area contributed by atoms with E-state index in [1.165, 1.54) is 16.8 Å². The molecule has 1 amide bonds. The molecular weight excluding hydrogens is 308 g/mol. The number of nitrogens with zero attached hydrogens (tertiary/aromatic N) is 2. The number of carbonyl (C=O) groups is 1. The smallest absolute Gasteiger partial charge is 0.289 e. The van der Waals surface area contributed by atoms with E-state index < -0.39 is 10.0 Å². The molecule has 3 rings (SSSR count). The van der Waals surface area contributed by atoms with Crippen LogP contribution in [0.3, 0.4) is 0 Å². The van der Waals surface area contributed by atoms with E-state index in [0.717, 1.165) is 0 Å². The van der Waals surface area contributed by atoms with Gasteiger partial charge in [-0.1, -0.05) is 0 Å². The Labute approximate surface area is 129 Å². The minimum Gasteiger partial charge on any atom is -0.459 e. The molecule has 0 spiro atoms. The summed E-state index contributed by atoms with van der Waals surface area (Å²) >= 11 is 0. The number of sulfonamides is 1. The Morgan fingerprint density at radius 3 is 2.73 bits per heavy atom. The Morgan fingerprint density at radius 2 is 2.05 bits per heavy atom. The molecule has 7 nitrogen and oxygen atoms in total. The van der Waals surface area contributed by atoms with Crippen molar-refractivity contribution < 1.29 is 22.4 Å². The largest absolute Gasteiger partial charge is 0.459 e. The summed E-state index contributed by atoms with van der Waals surface area (Å²) in [7, 11) is -3.26. The zero-order valence-electron chi connectivity index (χ0n) is 12.5. The predicted molar refractivity (Wildman–Crippen MR) is 78.9 cm³/mol. The van der Waals surface area contributed by atoms with Crippen LogP contribution in [0.1, 0.15) is 23.4 Å². The maximum atomic E-state index is 12.4. The number of likely N-dealkylation sites (tertiary alicyclic amines) is 1. The Balaban J connectivity index is 1.75. The quantitative estimate of drug-likeness (QED) is 0.792. The fourth-order valence-corrected chi connectivity index (χ4v) is 4.36. The third-order valence-electron chi connectivity index (χ3n) is 4.27. The van der Waals surface area contributed by atoms with Crippen LogP contribution in [-0.4, -0.2) is 68.2 Å². The number of furan rings is 1. The summed E-state index contributed by atoms with van der Waals surface area (Å²) in [6, 6.07) is 3.12. The number of hydrogen-bond donors (Lipinski definition) is 0. The number of hydrogen-bond acceptors (Lipinski definition) is 5. The van der Waals surface area contributed by atoms with E-state index in [4.69, 9.17) is 9.15 Å². The Hall–Kier alpha value is -1.38. The van der Waals surface area contributed by atoms with Crippen molar-refractivity contribution in [2.45, 2.75) is 25.0 Å². The lowest BCUT2D eigenvalue weighted by atomic mass is 10.0. The zero-order valence-corrected chi connectivity index (χ0v) is 13.3. The summed E-state index contributed by atoms with van der Waals surface area (Å²) in [5, 5.41) is 0. The molecule has 0 radical (unpaired) electrons. The summed E-state index contributed by atoms with van der Waals surface area (Å²) in [4.78, 5) is 14.1. The van der Waals surface area contributed by atoms with Crippen molar-refractivity contribution in [3.8, 4) is 0 Å². The van der Waals surface area contributed by atoms with Crippen molar-refractivity contribution in [2.75, 3.05) is 32.5 Å². The topological polar surface area (TPSA) is 80.1 Å². The Morgan fingerprint density at radius 1 is 1.27 bits per heavy atom. The van der Waals surface area contributed by atoms with E-state index in [2.05, 4.69) is 0 Å². The van der Waals surface area contributed by atoms with E-state index >= 15 is 0 Å². The maximum absolute atomic E-state index is 12.4. The molecule has 0 aromatic carbocycles. The van der Waals surface area contributed by atoms with Crippen molar-refractivity contribution in [2.24, 2.45) is 0 Å². The van der Waals surface area contributed by atoms with Gasteiger partial charge in [-0.25, -0.2) is 8.42 Å². The number of rotatable bonds is 2. The molecule has 0 saturated carbocycles. The van der Waals surface area contributed by atoms with Crippen molar-refractivity contribution in [1.82, 2.24) is 9.21 Å². The van der Waals surface area contributed by atoms with Gasteiger partial charge in [0.2, 0.25) is 10.0 Å². The molecule has 22 heavy (non-hydrogen) atoms. The first-order valence-electron chi connectivity index (χ1n) is 7.38. The first-order chi connectivity index (χ1) is 10.5. The molecule has 2 aliphatic heterocycles. The fraction of sp³-hybridized carbons (Fsp3) is 0.643. The molecular formula is C14H20N2O5S. The molecule has 1 aromatic rings. The average Bonchev–Trinajstić information content (AvgIpc) is 2.92. The van der Waals surface area contributed by atoms with E-state index in [1.807, 2.05) is 0 Å². The summed E-state index contributed by atoms with van der Waals surface area (Å²) in [5.41, 5.74) is 0. The van der Waals surface area contributed by atoms with Crippen LogP contribution in [0.25, 0.3) is 0 Å². The highest BCUT2D eigenvalue weighted by molar-refractivity contribution is 7.88. The highest BCUT2D eigenvalue weighted by Crippen LogP contribution is 2.26. The summed E-state index contributed by atoms with van der Waals surface area (Å²) in [5.74, 6) is 0.153. The third kappa shape index (κ3) is 3.04. The zero-order chi connectivity index (χ0) is 15.7. The van der Waals surface area contributed by atoms with Crippen LogP contribution in [0.15, 0.2) is 22.8 Å². The van der Waals surface area contributed by atoms with Gasteiger partial charge in [0.25, 0.3) is 5.91 Å². The number of morpholine rings is 1. The average molecular weight is 328 g/mol.